The third kappa shape index (κ3) is 3.13. The minimum atomic E-state index is -0.563. The van der Waals surface area contributed by atoms with E-state index in [2.05, 4.69) is 15.3 Å². The van der Waals surface area contributed by atoms with Gasteiger partial charge in [0.05, 0.1) is 10.6 Å². The predicted octanol–water partition coefficient (Wildman–Crippen LogP) is 3.67. The quantitative estimate of drug-likeness (QED) is 0.577. The van der Waals surface area contributed by atoms with Gasteiger partial charge in [-0.05, 0) is 25.1 Å². The Morgan fingerprint density at radius 2 is 2.04 bits per heavy atom. The summed E-state index contributed by atoms with van der Waals surface area (Å²) in [5.74, 6) is -0.563. The molecule has 0 spiro atoms. The number of thiazole rings is 1. The average Bonchev–Trinajstić information content (AvgIpc) is 3.03. The molecule has 7 nitrogen and oxygen atoms in total. The van der Waals surface area contributed by atoms with E-state index in [0.717, 1.165) is 0 Å². The van der Waals surface area contributed by atoms with Crippen molar-refractivity contribution in [3.05, 3.63) is 69.2 Å². The molecule has 0 aliphatic rings. The molecule has 0 saturated heterocycles. The van der Waals surface area contributed by atoms with Gasteiger partial charge in [0, 0.05) is 17.1 Å². The van der Waals surface area contributed by atoms with Crippen molar-refractivity contribution in [3.8, 4) is 11.4 Å². The Kier molecular flexibility index (Phi) is 4.30. The van der Waals surface area contributed by atoms with E-state index in [9.17, 15) is 14.9 Å². The second kappa shape index (κ2) is 6.55. The van der Waals surface area contributed by atoms with E-state index in [1.54, 1.807) is 36.7 Å². The van der Waals surface area contributed by atoms with Crippen LogP contribution in [0.1, 0.15) is 15.9 Å². The fourth-order valence-corrected chi connectivity index (χ4v) is 2.91. The van der Waals surface area contributed by atoms with Crippen LogP contribution >= 0.6 is 11.3 Å². The Labute approximate surface area is 141 Å². The number of carbonyl (C=O) groups excluding carboxylic acids is 1. The number of aryl methyl sites for hydroxylation is 1. The van der Waals surface area contributed by atoms with Crippen molar-refractivity contribution in [2.45, 2.75) is 6.92 Å². The predicted molar refractivity (Wildman–Crippen MR) is 91.1 cm³/mol. The summed E-state index contributed by atoms with van der Waals surface area (Å²) in [7, 11) is 0. The Hall–Kier alpha value is -3.13. The first-order valence-corrected chi connectivity index (χ1v) is 7.86. The number of anilines is 1. The summed E-state index contributed by atoms with van der Waals surface area (Å²) < 4.78 is 0. The van der Waals surface area contributed by atoms with Crippen LogP contribution in [0.2, 0.25) is 0 Å². The fraction of sp³-hybridized carbons (Fsp3) is 0.0625. The third-order valence-electron chi connectivity index (χ3n) is 3.32. The van der Waals surface area contributed by atoms with Gasteiger partial charge >= 0.3 is 0 Å². The van der Waals surface area contributed by atoms with Gasteiger partial charge in [-0.1, -0.05) is 18.2 Å². The highest BCUT2D eigenvalue weighted by atomic mass is 32.1. The summed E-state index contributed by atoms with van der Waals surface area (Å²) in [5, 5.41) is 15.9. The van der Waals surface area contributed by atoms with Crippen molar-refractivity contribution in [1.82, 2.24) is 9.97 Å². The molecule has 0 saturated carbocycles. The molecule has 1 N–H and O–H groups in total. The minimum absolute atomic E-state index is 0.00888. The summed E-state index contributed by atoms with van der Waals surface area (Å²) in [5.41, 5.74) is 1.57. The molecule has 0 bridgehead atoms. The van der Waals surface area contributed by atoms with E-state index in [0.29, 0.717) is 22.1 Å². The van der Waals surface area contributed by atoms with E-state index in [1.807, 2.05) is 12.1 Å². The largest absolute Gasteiger partial charge is 0.298 e. The lowest BCUT2D eigenvalue weighted by Crippen LogP contribution is -2.14. The maximum Gasteiger partial charge on any atom is 0.285 e. The molecule has 0 aliphatic heterocycles. The summed E-state index contributed by atoms with van der Waals surface area (Å²) in [4.78, 5) is 31.5. The van der Waals surface area contributed by atoms with Crippen LogP contribution in [0.25, 0.3) is 11.4 Å². The Bertz CT molecular complexity index is 909. The highest BCUT2D eigenvalue weighted by molar-refractivity contribution is 7.14. The topological polar surface area (TPSA) is 98.0 Å². The zero-order valence-electron chi connectivity index (χ0n) is 12.6. The van der Waals surface area contributed by atoms with E-state index < -0.39 is 10.8 Å². The van der Waals surface area contributed by atoms with Crippen molar-refractivity contribution in [3.63, 3.8) is 0 Å². The van der Waals surface area contributed by atoms with Crippen molar-refractivity contribution >= 4 is 28.1 Å². The number of para-hydroxylation sites is 1. The van der Waals surface area contributed by atoms with Gasteiger partial charge in [-0.25, -0.2) is 4.98 Å². The number of amides is 1. The second-order valence-corrected chi connectivity index (χ2v) is 5.79. The maximum atomic E-state index is 12.4. The standard InChI is InChI=1S/C16H12N4O3S/c1-10-5-4-6-11(14(10)20(22)23)15(21)19-16-18-13(9-24-16)12-7-2-3-8-17-12/h2-9H,1H3,(H,18,19,21). The van der Waals surface area contributed by atoms with Crippen LogP contribution in [-0.2, 0) is 0 Å². The average molecular weight is 340 g/mol. The normalized spacial score (nSPS) is 10.4. The lowest BCUT2D eigenvalue weighted by molar-refractivity contribution is -0.385. The molecule has 0 fully saturated rings. The first-order chi connectivity index (χ1) is 11.6. The molecule has 0 atom stereocenters. The molecule has 3 aromatic rings. The molecule has 0 radical (unpaired) electrons. The van der Waals surface area contributed by atoms with E-state index in [4.69, 9.17) is 0 Å². The van der Waals surface area contributed by atoms with Gasteiger partial charge in [-0.2, -0.15) is 0 Å². The summed E-state index contributed by atoms with van der Waals surface area (Å²) >= 11 is 1.23. The van der Waals surface area contributed by atoms with Crippen LogP contribution in [-0.4, -0.2) is 20.8 Å². The van der Waals surface area contributed by atoms with Crippen LogP contribution in [0.4, 0.5) is 10.8 Å². The highest BCUT2D eigenvalue weighted by Crippen LogP contribution is 2.26. The molecular formula is C16H12N4O3S. The highest BCUT2D eigenvalue weighted by Gasteiger charge is 2.23. The molecule has 3 rings (SSSR count). The van der Waals surface area contributed by atoms with Crippen LogP contribution < -0.4 is 5.32 Å². The zero-order valence-corrected chi connectivity index (χ0v) is 13.4. The molecule has 1 amide bonds. The summed E-state index contributed by atoms with van der Waals surface area (Å²) in [6.07, 6.45) is 1.66. The molecule has 2 heterocycles. The van der Waals surface area contributed by atoms with Crippen molar-refractivity contribution in [1.29, 1.82) is 0 Å². The van der Waals surface area contributed by atoms with Crippen LogP contribution in [0.3, 0.4) is 0 Å². The van der Waals surface area contributed by atoms with Crippen molar-refractivity contribution in [2.24, 2.45) is 0 Å². The summed E-state index contributed by atoms with van der Waals surface area (Å²) in [6, 6.07) is 10.1. The molecular weight excluding hydrogens is 328 g/mol. The van der Waals surface area contributed by atoms with E-state index >= 15 is 0 Å². The first-order valence-electron chi connectivity index (χ1n) is 6.98. The fourth-order valence-electron chi connectivity index (χ4n) is 2.21. The summed E-state index contributed by atoms with van der Waals surface area (Å²) in [6.45, 7) is 1.59. The number of aromatic nitrogens is 2. The van der Waals surface area contributed by atoms with Gasteiger partial charge in [-0.15, -0.1) is 11.3 Å². The number of nitrogens with zero attached hydrogens (tertiary/aromatic N) is 3. The van der Waals surface area contributed by atoms with Gasteiger partial charge < -0.3 is 0 Å². The number of pyridine rings is 1. The number of benzene rings is 1. The molecule has 120 valence electrons. The number of nitro groups is 1. The number of hydrogen-bond donors (Lipinski definition) is 1. The molecule has 0 unspecified atom stereocenters. The monoisotopic (exact) mass is 340 g/mol. The second-order valence-electron chi connectivity index (χ2n) is 4.94. The number of carbonyl (C=O) groups is 1. The Morgan fingerprint density at radius 1 is 1.21 bits per heavy atom. The van der Waals surface area contributed by atoms with E-state index in [-0.39, 0.29) is 11.3 Å². The minimum Gasteiger partial charge on any atom is -0.298 e. The van der Waals surface area contributed by atoms with Crippen LogP contribution in [0.15, 0.2) is 48.0 Å². The molecule has 8 heteroatoms. The van der Waals surface area contributed by atoms with Gasteiger partial charge in [0.1, 0.15) is 11.3 Å². The molecule has 2 aromatic heterocycles. The SMILES string of the molecule is Cc1cccc(C(=O)Nc2nc(-c3ccccn3)cs2)c1[N+](=O)[O-]. The van der Waals surface area contributed by atoms with Gasteiger partial charge in [0.2, 0.25) is 0 Å². The van der Waals surface area contributed by atoms with Crippen molar-refractivity contribution < 1.29 is 9.72 Å². The molecule has 0 aliphatic carbocycles. The smallest absolute Gasteiger partial charge is 0.285 e. The first kappa shape index (κ1) is 15.8. The maximum absolute atomic E-state index is 12.4. The Balaban J connectivity index is 1.85. The number of hydrogen-bond acceptors (Lipinski definition) is 6. The van der Waals surface area contributed by atoms with E-state index in [1.165, 1.54) is 17.4 Å². The molecule has 24 heavy (non-hydrogen) atoms. The van der Waals surface area contributed by atoms with Gasteiger partial charge in [0.25, 0.3) is 11.6 Å². The van der Waals surface area contributed by atoms with Gasteiger partial charge in [0.15, 0.2) is 5.13 Å². The van der Waals surface area contributed by atoms with Crippen LogP contribution in [0.5, 0.6) is 0 Å². The Morgan fingerprint density at radius 3 is 2.75 bits per heavy atom. The number of nitrogens with one attached hydrogen (secondary N) is 1. The van der Waals surface area contributed by atoms with Gasteiger partial charge in [-0.3, -0.25) is 25.2 Å². The third-order valence-corrected chi connectivity index (χ3v) is 4.07. The number of nitro benzene ring substituents is 1. The molecule has 1 aromatic carbocycles. The van der Waals surface area contributed by atoms with Crippen molar-refractivity contribution in [2.75, 3.05) is 5.32 Å². The lowest BCUT2D eigenvalue weighted by Gasteiger charge is -2.04. The number of rotatable bonds is 4. The van der Waals surface area contributed by atoms with Crippen LogP contribution in [0, 0.1) is 17.0 Å². The zero-order chi connectivity index (χ0) is 17.1. The lowest BCUT2D eigenvalue weighted by atomic mass is 10.1.